The second kappa shape index (κ2) is 5.39. The van der Waals surface area contributed by atoms with Gasteiger partial charge in [-0.15, -0.1) is 0 Å². The van der Waals surface area contributed by atoms with Gasteiger partial charge in [0.25, 0.3) is 5.91 Å². The molecule has 0 radical (unpaired) electrons. The summed E-state index contributed by atoms with van der Waals surface area (Å²) in [5, 5.41) is 0. The minimum Gasteiger partial charge on any atom is -0.486 e. The molecule has 0 unspecified atom stereocenters. The van der Waals surface area contributed by atoms with Crippen LogP contribution in [0.1, 0.15) is 10.4 Å². The van der Waals surface area contributed by atoms with E-state index in [2.05, 4.69) is 0 Å². The van der Waals surface area contributed by atoms with E-state index in [0.29, 0.717) is 41.8 Å². The topological polar surface area (TPSA) is 57.2 Å². The van der Waals surface area contributed by atoms with E-state index in [1.54, 1.807) is 36.2 Å². The Morgan fingerprint density at radius 2 is 1.52 bits per heavy atom. The predicted octanol–water partition coefficient (Wildman–Crippen LogP) is 2.46. The molecule has 2 aliphatic rings. The number of hydrogen-bond acceptors (Lipinski definition) is 5. The fourth-order valence-electron chi connectivity index (χ4n) is 2.58. The van der Waals surface area contributed by atoms with Crippen molar-refractivity contribution in [3.8, 4) is 23.0 Å². The first-order chi connectivity index (χ1) is 11.2. The highest BCUT2D eigenvalue weighted by molar-refractivity contribution is 6.06. The summed E-state index contributed by atoms with van der Waals surface area (Å²) in [4.78, 5) is 14.2. The minimum atomic E-state index is -0.139. The van der Waals surface area contributed by atoms with E-state index >= 15 is 0 Å². The highest BCUT2D eigenvalue weighted by Crippen LogP contribution is 2.35. The number of fused-ring (bicyclic) bond motifs is 2. The van der Waals surface area contributed by atoms with Crippen molar-refractivity contribution in [1.82, 2.24) is 0 Å². The maximum atomic E-state index is 12.7. The van der Waals surface area contributed by atoms with Crippen LogP contribution in [0.3, 0.4) is 0 Å². The van der Waals surface area contributed by atoms with Crippen LogP contribution < -0.4 is 23.8 Å². The molecular formula is C17H15NO5. The quantitative estimate of drug-likeness (QED) is 0.852. The molecule has 0 atom stereocenters. The lowest BCUT2D eigenvalue weighted by Gasteiger charge is -2.22. The van der Waals surface area contributed by atoms with Crippen LogP contribution >= 0.6 is 0 Å². The zero-order valence-electron chi connectivity index (χ0n) is 12.6. The van der Waals surface area contributed by atoms with Crippen LogP contribution in [0.4, 0.5) is 5.69 Å². The molecule has 0 aliphatic carbocycles. The van der Waals surface area contributed by atoms with E-state index in [1.165, 1.54) is 0 Å². The van der Waals surface area contributed by atoms with Gasteiger partial charge < -0.3 is 23.8 Å². The van der Waals surface area contributed by atoms with Crippen molar-refractivity contribution in [3.63, 3.8) is 0 Å². The number of amides is 1. The van der Waals surface area contributed by atoms with Gasteiger partial charge in [-0.05, 0) is 30.3 Å². The second-order valence-corrected chi connectivity index (χ2v) is 5.26. The minimum absolute atomic E-state index is 0.139. The molecule has 0 fully saturated rings. The first-order valence-corrected chi connectivity index (χ1v) is 7.30. The monoisotopic (exact) mass is 313 g/mol. The number of anilines is 1. The summed E-state index contributed by atoms with van der Waals surface area (Å²) in [6, 6.07) is 10.6. The van der Waals surface area contributed by atoms with Gasteiger partial charge in [0.2, 0.25) is 6.79 Å². The van der Waals surface area contributed by atoms with Crippen LogP contribution in [-0.2, 0) is 0 Å². The lowest BCUT2D eigenvalue weighted by atomic mass is 10.1. The van der Waals surface area contributed by atoms with E-state index in [-0.39, 0.29) is 12.7 Å². The molecule has 0 spiro atoms. The Kier molecular flexibility index (Phi) is 3.22. The fraction of sp³-hybridized carbons (Fsp3) is 0.235. The van der Waals surface area contributed by atoms with Gasteiger partial charge in [0.05, 0.1) is 0 Å². The molecule has 0 bridgehead atoms. The van der Waals surface area contributed by atoms with Crippen molar-refractivity contribution in [3.05, 3.63) is 42.0 Å². The molecule has 4 rings (SSSR count). The zero-order valence-corrected chi connectivity index (χ0v) is 12.6. The molecule has 0 saturated heterocycles. The maximum Gasteiger partial charge on any atom is 0.258 e. The van der Waals surface area contributed by atoms with Crippen molar-refractivity contribution in [2.24, 2.45) is 0 Å². The average Bonchev–Trinajstić information content (AvgIpc) is 3.07. The highest BCUT2D eigenvalue weighted by Gasteiger charge is 2.20. The molecule has 23 heavy (non-hydrogen) atoms. The van der Waals surface area contributed by atoms with E-state index in [1.807, 2.05) is 12.1 Å². The molecule has 2 aromatic carbocycles. The summed E-state index contributed by atoms with van der Waals surface area (Å²) in [7, 11) is 1.72. The maximum absolute atomic E-state index is 12.7. The van der Waals surface area contributed by atoms with Gasteiger partial charge >= 0.3 is 0 Å². The smallest absolute Gasteiger partial charge is 0.258 e. The van der Waals surface area contributed by atoms with E-state index in [4.69, 9.17) is 18.9 Å². The molecule has 6 nitrogen and oxygen atoms in total. The summed E-state index contributed by atoms with van der Waals surface area (Å²) in [5.74, 6) is 2.46. The fourth-order valence-corrected chi connectivity index (χ4v) is 2.58. The number of ether oxygens (including phenoxy) is 4. The number of carbonyl (C=O) groups is 1. The Hall–Kier alpha value is -2.89. The second-order valence-electron chi connectivity index (χ2n) is 5.26. The first-order valence-electron chi connectivity index (χ1n) is 7.30. The standard InChI is InChI=1S/C17H15NO5/c1-18(12-3-5-13-16(9-12)21-7-6-20-13)17(19)11-2-4-14-15(8-11)23-10-22-14/h2-5,8-9H,6-7,10H2,1H3. The molecule has 2 aliphatic heterocycles. The van der Waals surface area contributed by atoms with Crippen LogP contribution in [0.25, 0.3) is 0 Å². The lowest BCUT2D eigenvalue weighted by molar-refractivity contribution is 0.0992. The first kappa shape index (κ1) is 13.8. The van der Waals surface area contributed by atoms with Gasteiger partial charge in [0.1, 0.15) is 13.2 Å². The third kappa shape index (κ3) is 2.42. The molecule has 2 aromatic rings. The molecule has 1 amide bonds. The van der Waals surface area contributed by atoms with Crippen LogP contribution in [0.2, 0.25) is 0 Å². The Labute approximate surface area is 133 Å². The molecule has 0 aromatic heterocycles. The molecule has 0 saturated carbocycles. The SMILES string of the molecule is CN(C(=O)c1ccc2c(c1)OCO2)c1ccc2c(c1)OCCO2. The van der Waals surface area contributed by atoms with Crippen molar-refractivity contribution < 1.29 is 23.7 Å². The summed E-state index contributed by atoms with van der Waals surface area (Å²) in [6.45, 7) is 1.24. The van der Waals surface area contributed by atoms with Crippen molar-refractivity contribution >= 4 is 11.6 Å². The van der Waals surface area contributed by atoms with E-state index in [0.717, 1.165) is 5.69 Å². The highest BCUT2D eigenvalue weighted by atomic mass is 16.7. The van der Waals surface area contributed by atoms with Crippen LogP contribution in [0.15, 0.2) is 36.4 Å². The number of nitrogens with zero attached hydrogens (tertiary/aromatic N) is 1. The van der Waals surface area contributed by atoms with Gasteiger partial charge in [0.15, 0.2) is 23.0 Å². The number of benzene rings is 2. The van der Waals surface area contributed by atoms with Gasteiger partial charge in [0, 0.05) is 24.4 Å². The van der Waals surface area contributed by atoms with Gasteiger partial charge in [-0.3, -0.25) is 4.79 Å². The van der Waals surface area contributed by atoms with Gasteiger partial charge in [-0.2, -0.15) is 0 Å². The van der Waals surface area contributed by atoms with E-state index < -0.39 is 0 Å². The normalized spacial score (nSPS) is 14.5. The van der Waals surface area contributed by atoms with Gasteiger partial charge in [-0.1, -0.05) is 0 Å². The number of rotatable bonds is 2. The van der Waals surface area contributed by atoms with E-state index in [9.17, 15) is 4.79 Å². The summed E-state index contributed by atoms with van der Waals surface area (Å²) in [5.41, 5.74) is 1.27. The third-order valence-corrected chi connectivity index (χ3v) is 3.84. The summed E-state index contributed by atoms with van der Waals surface area (Å²) in [6.07, 6.45) is 0. The van der Waals surface area contributed by atoms with Crippen LogP contribution in [-0.4, -0.2) is 33.0 Å². The molecule has 2 heterocycles. The lowest BCUT2D eigenvalue weighted by Crippen LogP contribution is -2.26. The molecule has 0 N–H and O–H groups in total. The Morgan fingerprint density at radius 3 is 2.39 bits per heavy atom. The predicted molar refractivity (Wildman–Crippen MR) is 82.7 cm³/mol. The average molecular weight is 313 g/mol. The van der Waals surface area contributed by atoms with Crippen molar-refractivity contribution in [2.45, 2.75) is 0 Å². The van der Waals surface area contributed by atoms with Crippen molar-refractivity contribution in [2.75, 3.05) is 32.0 Å². The largest absolute Gasteiger partial charge is 0.486 e. The molecular weight excluding hydrogens is 298 g/mol. The summed E-state index contributed by atoms with van der Waals surface area (Å²) < 4.78 is 21.6. The number of hydrogen-bond donors (Lipinski definition) is 0. The zero-order chi connectivity index (χ0) is 15.8. The van der Waals surface area contributed by atoms with Crippen LogP contribution in [0, 0.1) is 0 Å². The Bertz CT molecular complexity index is 774. The molecule has 6 heteroatoms. The van der Waals surface area contributed by atoms with Crippen molar-refractivity contribution in [1.29, 1.82) is 0 Å². The Morgan fingerprint density at radius 1 is 0.870 bits per heavy atom. The third-order valence-electron chi connectivity index (χ3n) is 3.84. The summed E-state index contributed by atoms with van der Waals surface area (Å²) >= 11 is 0. The Balaban J connectivity index is 1.61. The number of carbonyl (C=O) groups excluding carboxylic acids is 1. The van der Waals surface area contributed by atoms with Gasteiger partial charge in [-0.25, -0.2) is 0 Å². The molecule has 118 valence electrons. The van der Waals surface area contributed by atoms with Crippen LogP contribution in [0.5, 0.6) is 23.0 Å².